The van der Waals surface area contributed by atoms with Gasteiger partial charge < -0.3 is 10.1 Å². The molecule has 0 spiro atoms. The molecule has 2 nitrogen and oxygen atoms in total. The molecule has 1 aromatic rings. The third-order valence-electron chi connectivity index (χ3n) is 4.07. The second-order valence-corrected chi connectivity index (χ2v) is 5.78. The average molecular weight is 291 g/mol. The van der Waals surface area contributed by atoms with Crippen molar-refractivity contribution in [3.05, 3.63) is 35.4 Å². The molecule has 0 aliphatic carbocycles. The Morgan fingerprint density at radius 2 is 1.62 bits per heavy atom. The Bertz CT molecular complexity index is 347. The Kier molecular flexibility index (Phi) is 10.2. The summed E-state index contributed by atoms with van der Waals surface area (Å²) in [6.07, 6.45) is 9.00. The summed E-state index contributed by atoms with van der Waals surface area (Å²) in [5.41, 5.74) is 2.71. The number of ether oxygens (including phenoxy) is 1. The van der Waals surface area contributed by atoms with Gasteiger partial charge in [-0.25, -0.2) is 0 Å². The Labute approximate surface area is 131 Å². The van der Waals surface area contributed by atoms with Gasteiger partial charge in [-0.15, -0.1) is 0 Å². The van der Waals surface area contributed by atoms with Gasteiger partial charge in [0.25, 0.3) is 0 Å². The van der Waals surface area contributed by atoms with Crippen molar-refractivity contribution in [2.24, 2.45) is 0 Å². The van der Waals surface area contributed by atoms with Crippen LogP contribution in [0.5, 0.6) is 0 Å². The van der Waals surface area contributed by atoms with E-state index in [4.69, 9.17) is 4.74 Å². The van der Waals surface area contributed by atoms with Crippen molar-refractivity contribution in [3.8, 4) is 0 Å². The summed E-state index contributed by atoms with van der Waals surface area (Å²) in [5.74, 6) is 0. The molecule has 21 heavy (non-hydrogen) atoms. The number of aryl methyl sites for hydroxylation is 1. The molecule has 1 N–H and O–H groups in total. The predicted octanol–water partition coefficient (Wildman–Crippen LogP) is 4.89. The zero-order valence-corrected chi connectivity index (χ0v) is 14.2. The Morgan fingerprint density at radius 1 is 0.952 bits per heavy atom. The summed E-state index contributed by atoms with van der Waals surface area (Å²) < 4.78 is 5.84. The van der Waals surface area contributed by atoms with E-state index < -0.39 is 0 Å². The minimum absolute atomic E-state index is 0.302. The predicted molar refractivity (Wildman–Crippen MR) is 91.8 cm³/mol. The minimum Gasteiger partial charge on any atom is -0.379 e. The molecule has 0 aliphatic heterocycles. The van der Waals surface area contributed by atoms with Gasteiger partial charge in [-0.05, 0) is 31.0 Å². The lowest BCUT2D eigenvalue weighted by Crippen LogP contribution is -2.22. The fourth-order valence-corrected chi connectivity index (χ4v) is 2.52. The molecule has 0 saturated carbocycles. The lowest BCUT2D eigenvalue weighted by atomic mass is 10.0. The van der Waals surface area contributed by atoms with E-state index in [0.717, 1.165) is 19.6 Å². The van der Waals surface area contributed by atoms with Gasteiger partial charge in [-0.2, -0.15) is 0 Å². The first-order valence-electron chi connectivity index (χ1n) is 8.65. The van der Waals surface area contributed by atoms with Gasteiger partial charge in [0.05, 0.1) is 12.6 Å². The first-order chi connectivity index (χ1) is 10.3. The van der Waals surface area contributed by atoms with Crippen LogP contribution in [0.2, 0.25) is 0 Å². The van der Waals surface area contributed by atoms with Gasteiger partial charge >= 0.3 is 0 Å². The summed E-state index contributed by atoms with van der Waals surface area (Å²) >= 11 is 0. The quantitative estimate of drug-likeness (QED) is 0.554. The number of unbranched alkanes of at least 4 members (excludes halogenated alkanes) is 5. The van der Waals surface area contributed by atoms with Crippen molar-refractivity contribution in [3.63, 3.8) is 0 Å². The van der Waals surface area contributed by atoms with Gasteiger partial charge in [0.15, 0.2) is 0 Å². The Balaban J connectivity index is 2.18. The first-order valence-corrected chi connectivity index (χ1v) is 8.65. The van der Waals surface area contributed by atoms with Gasteiger partial charge in [-0.3, -0.25) is 0 Å². The van der Waals surface area contributed by atoms with Crippen molar-refractivity contribution >= 4 is 0 Å². The molecule has 0 aliphatic rings. The minimum atomic E-state index is 0.302. The highest BCUT2D eigenvalue weighted by Crippen LogP contribution is 2.15. The summed E-state index contributed by atoms with van der Waals surface area (Å²) in [5, 5.41) is 3.35. The van der Waals surface area contributed by atoms with Gasteiger partial charge in [-0.1, -0.05) is 70.2 Å². The fraction of sp³-hybridized carbons (Fsp3) is 0.684. The summed E-state index contributed by atoms with van der Waals surface area (Å²) in [4.78, 5) is 0. The summed E-state index contributed by atoms with van der Waals surface area (Å²) in [6, 6.07) is 9.17. The van der Waals surface area contributed by atoms with Crippen LogP contribution in [0.15, 0.2) is 24.3 Å². The number of benzene rings is 1. The van der Waals surface area contributed by atoms with Crippen LogP contribution < -0.4 is 5.32 Å². The normalized spacial score (nSPS) is 12.5. The molecule has 0 saturated heterocycles. The van der Waals surface area contributed by atoms with E-state index in [-0.39, 0.29) is 0 Å². The highest BCUT2D eigenvalue weighted by Gasteiger charge is 2.08. The van der Waals surface area contributed by atoms with Gasteiger partial charge in [0, 0.05) is 6.61 Å². The molecule has 1 unspecified atom stereocenters. The van der Waals surface area contributed by atoms with Crippen molar-refractivity contribution in [1.82, 2.24) is 5.32 Å². The zero-order chi connectivity index (χ0) is 15.3. The Hall–Kier alpha value is -0.860. The van der Waals surface area contributed by atoms with E-state index in [2.05, 4.69) is 43.4 Å². The molecule has 0 bridgehead atoms. The van der Waals surface area contributed by atoms with Crippen molar-refractivity contribution in [2.45, 2.75) is 64.8 Å². The SMILES string of the molecule is CCCCCCCCOCC(NC)c1ccc(CC)cc1. The molecule has 0 amide bonds. The highest BCUT2D eigenvalue weighted by molar-refractivity contribution is 5.25. The molecular weight excluding hydrogens is 258 g/mol. The molecular formula is C19H33NO. The maximum atomic E-state index is 5.84. The van der Waals surface area contributed by atoms with E-state index in [0.29, 0.717) is 6.04 Å². The van der Waals surface area contributed by atoms with E-state index in [1.165, 1.54) is 49.7 Å². The molecule has 1 aromatic carbocycles. The standard InChI is InChI=1S/C19H33NO/c1-4-6-7-8-9-10-15-21-16-19(20-3)18-13-11-17(5-2)12-14-18/h11-14,19-20H,4-10,15-16H2,1-3H3. The lowest BCUT2D eigenvalue weighted by Gasteiger charge is -2.17. The topological polar surface area (TPSA) is 21.3 Å². The Morgan fingerprint density at radius 3 is 2.24 bits per heavy atom. The van der Waals surface area contributed by atoms with E-state index in [1.54, 1.807) is 0 Å². The van der Waals surface area contributed by atoms with Crippen molar-refractivity contribution < 1.29 is 4.74 Å². The van der Waals surface area contributed by atoms with E-state index in [9.17, 15) is 0 Å². The molecule has 120 valence electrons. The van der Waals surface area contributed by atoms with Gasteiger partial charge in [0.1, 0.15) is 0 Å². The van der Waals surface area contributed by atoms with Crippen LogP contribution >= 0.6 is 0 Å². The van der Waals surface area contributed by atoms with Crippen molar-refractivity contribution in [2.75, 3.05) is 20.3 Å². The number of hydrogen-bond donors (Lipinski definition) is 1. The lowest BCUT2D eigenvalue weighted by molar-refractivity contribution is 0.110. The van der Waals surface area contributed by atoms with Crippen LogP contribution in [-0.2, 0) is 11.2 Å². The molecule has 0 fully saturated rings. The zero-order valence-electron chi connectivity index (χ0n) is 14.2. The highest BCUT2D eigenvalue weighted by atomic mass is 16.5. The summed E-state index contributed by atoms with van der Waals surface area (Å²) in [6.45, 7) is 6.09. The first kappa shape index (κ1) is 18.2. The van der Waals surface area contributed by atoms with Crippen LogP contribution in [0.3, 0.4) is 0 Å². The third kappa shape index (κ3) is 7.63. The largest absolute Gasteiger partial charge is 0.379 e. The average Bonchev–Trinajstić information content (AvgIpc) is 2.54. The number of hydrogen-bond acceptors (Lipinski definition) is 2. The van der Waals surface area contributed by atoms with Crippen LogP contribution in [0.4, 0.5) is 0 Å². The maximum Gasteiger partial charge on any atom is 0.0661 e. The second kappa shape index (κ2) is 11.8. The van der Waals surface area contributed by atoms with Gasteiger partial charge in [0.2, 0.25) is 0 Å². The number of nitrogens with one attached hydrogen (secondary N) is 1. The molecule has 0 radical (unpaired) electrons. The number of rotatable bonds is 12. The monoisotopic (exact) mass is 291 g/mol. The van der Waals surface area contributed by atoms with Crippen LogP contribution in [0, 0.1) is 0 Å². The van der Waals surface area contributed by atoms with E-state index >= 15 is 0 Å². The summed E-state index contributed by atoms with van der Waals surface area (Å²) in [7, 11) is 2.01. The molecule has 2 heteroatoms. The van der Waals surface area contributed by atoms with Crippen LogP contribution in [0.1, 0.15) is 69.5 Å². The fourth-order valence-electron chi connectivity index (χ4n) is 2.52. The molecule has 0 aromatic heterocycles. The van der Waals surface area contributed by atoms with Crippen molar-refractivity contribution in [1.29, 1.82) is 0 Å². The smallest absolute Gasteiger partial charge is 0.0661 e. The second-order valence-electron chi connectivity index (χ2n) is 5.78. The molecule has 1 atom stereocenters. The molecule has 0 heterocycles. The molecule has 1 rings (SSSR count). The van der Waals surface area contributed by atoms with Crippen LogP contribution in [-0.4, -0.2) is 20.3 Å². The van der Waals surface area contributed by atoms with Crippen LogP contribution in [0.25, 0.3) is 0 Å². The number of likely N-dealkylation sites (N-methyl/N-ethyl adjacent to an activating group) is 1. The van der Waals surface area contributed by atoms with E-state index in [1.807, 2.05) is 7.05 Å². The third-order valence-corrected chi connectivity index (χ3v) is 4.07. The maximum absolute atomic E-state index is 5.84.